The van der Waals surface area contributed by atoms with E-state index in [-0.39, 0.29) is 11.2 Å². The number of nitrogens with two attached hydrogens (primary N) is 1. The van der Waals surface area contributed by atoms with E-state index in [1.807, 2.05) is 24.5 Å². The number of hydrogen-bond acceptors (Lipinski definition) is 6. The first kappa shape index (κ1) is 17.5. The van der Waals surface area contributed by atoms with Crippen molar-refractivity contribution in [3.63, 3.8) is 0 Å². The first-order valence-corrected chi connectivity index (χ1v) is 9.37. The second-order valence-electron chi connectivity index (χ2n) is 6.14. The molecule has 0 bridgehead atoms. The molecule has 0 radical (unpaired) electrons. The zero-order chi connectivity index (χ0) is 18.0. The summed E-state index contributed by atoms with van der Waals surface area (Å²) in [5.74, 6) is 1.42. The summed E-state index contributed by atoms with van der Waals surface area (Å²) in [4.78, 5) is 13.4. The van der Waals surface area contributed by atoms with Crippen LogP contribution >= 0.6 is 11.8 Å². The van der Waals surface area contributed by atoms with Crippen molar-refractivity contribution in [2.45, 2.75) is 17.7 Å². The fourth-order valence-electron chi connectivity index (χ4n) is 2.61. The summed E-state index contributed by atoms with van der Waals surface area (Å²) in [6.45, 7) is 0.707. The SMILES string of the molecule is CN=Nc1c(N)c(-c2cc(SC)ccc2OCC2CC2)cn(C)c1=O. The van der Waals surface area contributed by atoms with Crippen molar-refractivity contribution in [3.8, 4) is 16.9 Å². The summed E-state index contributed by atoms with van der Waals surface area (Å²) in [6, 6.07) is 6.03. The van der Waals surface area contributed by atoms with Gasteiger partial charge in [-0.3, -0.25) is 4.79 Å². The molecule has 0 aliphatic heterocycles. The first-order chi connectivity index (χ1) is 12.0. The van der Waals surface area contributed by atoms with E-state index < -0.39 is 0 Å². The number of rotatable bonds is 6. The van der Waals surface area contributed by atoms with Crippen LogP contribution in [0.4, 0.5) is 11.4 Å². The van der Waals surface area contributed by atoms with Crippen molar-refractivity contribution in [1.29, 1.82) is 0 Å². The number of aryl methyl sites for hydroxylation is 1. The Balaban J connectivity index is 2.14. The van der Waals surface area contributed by atoms with Gasteiger partial charge in [-0.1, -0.05) is 0 Å². The molecule has 1 aliphatic carbocycles. The van der Waals surface area contributed by atoms with Gasteiger partial charge in [0.2, 0.25) is 0 Å². The highest BCUT2D eigenvalue weighted by atomic mass is 32.2. The summed E-state index contributed by atoms with van der Waals surface area (Å²) < 4.78 is 7.51. The van der Waals surface area contributed by atoms with Crippen LogP contribution in [0.25, 0.3) is 11.1 Å². The van der Waals surface area contributed by atoms with Crippen molar-refractivity contribution in [2.75, 3.05) is 25.6 Å². The van der Waals surface area contributed by atoms with Crippen molar-refractivity contribution in [2.24, 2.45) is 23.2 Å². The number of hydrogen-bond donors (Lipinski definition) is 1. The zero-order valence-corrected chi connectivity index (χ0v) is 15.5. The van der Waals surface area contributed by atoms with Crippen LogP contribution in [0.3, 0.4) is 0 Å². The molecule has 25 heavy (non-hydrogen) atoms. The number of nitrogens with zero attached hydrogens (tertiary/aromatic N) is 3. The molecule has 0 saturated heterocycles. The maximum absolute atomic E-state index is 12.3. The van der Waals surface area contributed by atoms with E-state index in [1.54, 1.807) is 25.0 Å². The quantitative estimate of drug-likeness (QED) is 0.628. The molecule has 7 heteroatoms. The minimum atomic E-state index is -0.270. The molecule has 2 aromatic rings. The van der Waals surface area contributed by atoms with Gasteiger partial charge < -0.3 is 15.0 Å². The monoisotopic (exact) mass is 358 g/mol. The van der Waals surface area contributed by atoms with Crippen LogP contribution < -0.4 is 16.0 Å². The Labute approximate surface area is 151 Å². The fraction of sp³-hybridized carbons (Fsp3) is 0.389. The van der Waals surface area contributed by atoms with Gasteiger partial charge in [-0.15, -0.1) is 16.9 Å². The molecule has 1 aromatic carbocycles. The largest absolute Gasteiger partial charge is 0.493 e. The van der Waals surface area contributed by atoms with Crippen molar-refractivity contribution < 1.29 is 4.74 Å². The van der Waals surface area contributed by atoms with Gasteiger partial charge in [0.15, 0.2) is 5.69 Å². The average molecular weight is 358 g/mol. The molecular formula is C18H22N4O2S. The third-order valence-corrected chi connectivity index (χ3v) is 4.96. The molecule has 0 amide bonds. The Bertz CT molecular complexity index is 872. The lowest BCUT2D eigenvalue weighted by Gasteiger charge is -2.16. The molecule has 0 unspecified atom stereocenters. The number of azo groups is 1. The molecule has 0 spiro atoms. The molecule has 1 fully saturated rings. The predicted molar refractivity (Wildman–Crippen MR) is 102 cm³/mol. The maximum Gasteiger partial charge on any atom is 0.280 e. The van der Waals surface area contributed by atoms with Crippen LogP contribution in [0.2, 0.25) is 0 Å². The minimum absolute atomic E-state index is 0.158. The van der Waals surface area contributed by atoms with Gasteiger partial charge in [0, 0.05) is 36.3 Å². The topological polar surface area (TPSA) is 82.0 Å². The third-order valence-electron chi connectivity index (χ3n) is 4.24. The van der Waals surface area contributed by atoms with Gasteiger partial charge >= 0.3 is 0 Å². The number of anilines is 1. The van der Waals surface area contributed by atoms with Gasteiger partial charge in [-0.2, -0.15) is 5.11 Å². The van der Waals surface area contributed by atoms with Crippen molar-refractivity contribution >= 4 is 23.1 Å². The van der Waals surface area contributed by atoms with E-state index in [2.05, 4.69) is 10.2 Å². The third kappa shape index (κ3) is 3.71. The fourth-order valence-corrected chi connectivity index (χ4v) is 3.05. The van der Waals surface area contributed by atoms with Crippen molar-refractivity contribution in [1.82, 2.24) is 4.57 Å². The van der Waals surface area contributed by atoms with Crippen LogP contribution in [0, 0.1) is 5.92 Å². The zero-order valence-electron chi connectivity index (χ0n) is 14.7. The Hall–Kier alpha value is -2.28. The highest BCUT2D eigenvalue weighted by molar-refractivity contribution is 7.98. The van der Waals surface area contributed by atoms with Crippen molar-refractivity contribution in [3.05, 3.63) is 34.7 Å². The predicted octanol–water partition coefficient (Wildman–Crippen LogP) is 3.86. The number of aromatic nitrogens is 1. The Kier molecular flexibility index (Phi) is 5.13. The number of benzene rings is 1. The molecular weight excluding hydrogens is 336 g/mol. The highest BCUT2D eigenvalue weighted by Crippen LogP contribution is 2.40. The standard InChI is InChI=1S/C18H22N4O2S/c1-20-21-17-16(19)14(9-22(2)18(17)23)13-8-12(25-3)6-7-15(13)24-10-11-4-5-11/h6-9,11H,4-5,10,19H2,1-3H3. The summed E-state index contributed by atoms with van der Waals surface area (Å²) in [7, 11) is 3.20. The van der Waals surface area contributed by atoms with E-state index >= 15 is 0 Å². The van der Waals surface area contributed by atoms with E-state index in [4.69, 9.17) is 10.5 Å². The second kappa shape index (κ2) is 7.31. The van der Waals surface area contributed by atoms with Crippen LogP contribution in [-0.4, -0.2) is 24.5 Å². The van der Waals surface area contributed by atoms with Crippen LogP contribution in [0.5, 0.6) is 5.75 Å². The van der Waals surface area contributed by atoms with E-state index in [1.165, 1.54) is 24.5 Å². The molecule has 1 aliphatic rings. The molecule has 132 valence electrons. The second-order valence-corrected chi connectivity index (χ2v) is 7.02. The Morgan fingerprint density at radius 3 is 2.76 bits per heavy atom. The summed E-state index contributed by atoms with van der Waals surface area (Å²) in [6.07, 6.45) is 6.20. The molecule has 1 saturated carbocycles. The molecule has 3 rings (SSSR count). The number of nitrogen functional groups attached to an aromatic ring is 1. The van der Waals surface area contributed by atoms with E-state index in [9.17, 15) is 4.79 Å². The summed E-state index contributed by atoms with van der Waals surface area (Å²) >= 11 is 1.64. The normalized spacial score (nSPS) is 14.2. The number of ether oxygens (including phenoxy) is 1. The lowest BCUT2D eigenvalue weighted by molar-refractivity contribution is 0.301. The smallest absolute Gasteiger partial charge is 0.280 e. The lowest BCUT2D eigenvalue weighted by Crippen LogP contribution is -2.18. The van der Waals surface area contributed by atoms with Crippen LogP contribution in [0.1, 0.15) is 12.8 Å². The molecule has 0 atom stereocenters. The highest BCUT2D eigenvalue weighted by Gasteiger charge is 2.23. The molecule has 2 N–H and O–H groups in total. The Morgan fingerprint density at radius 2 is 2.12 bits per heavy atom. The Morgan fingerprint density at radius 1 is 1.36 bits per heavy atom. The molecule has 1 heterocycles. The summed E-state index contributed by atoms with van der Waals surface area (Å²) in [5.41, 5.74) is 8.08. The van der Waals surface area contributed by atoms with Crippen LogP contribution in [0.15, 0.2) is 44.3 Å². The number of thioether (sulfide) groups is 1. The van der Waals surface area contributed by atoms with Gasteiger partial charge in [-0.25, -0.2) is 0 Å². The van der Waals surface area contributed by atoms with Gasteiger partial charge in [0.1, 0.15) is 5.75 Å². The lowest BCUT2D eigenvalue weighted by atomic mass is 10.0. The minimum Gasteiger partial charge on any atom is -0.493 e. The molecule has 6 nitrogen and oxygen atoms in total. The number of pyridine rings is 1. The van der Waals surface area contributed by atoms with Crippen LogP contribution in [-0.2, 0) is 7.05 Å². The van der Waals surface area contributed by atoms with E-state index in [0.717, 1.165) is 21.8 Å². The maximum atomic E-state index is 12.3. The molecule has 1 aromatic heterocycles. The van der Waals surface area contributed by atoms with Gasteiger partial charge in [-0.05, 0) is 43.2 Å². The summed E-state index contributed by atoms with van der Waals surface area (Å²) in [5, 5.41) is 7.65. The average Bonchev–Trinajstić information content (AvgIpc) is 3.44. The van der Waals surface area contributed by atoms with E-state index in [0.29, 0.717) is 18.2 Å². The first-order valence-electron chi connectivity index (χ1n) is 8.15. The van der Waals surface area contributed by atoms with Gasteiger partial charge in [0.25, 0.3) is 5.56 Å². The van der Waals surface area contributed by atoms with Gasteiger partial charge in [0.05, 0.1) is 12.3 Å².